The molecule has 0 unspecified atom stereocenters. The predicted molar refractivity (Wildman–Crippen MR) is 56.1 cm³/mol. The van der Waals surface area contributed by atoms with Gasteiger partial charge in [-0.15, -0.1) is 0 Å². The molecule has 3 aliphatic rings. The molecule has 3 rings (SSSR count). The molecule has 78 valence electrons. The van der Waals surface area contributed by atoms with E-state index in [0.717, 1.165) is 44.1 Å². The van der Waals surface area contributed by atoms with Gasteiger partial charge in [-0.05, 0) is 30.6 Å². The molecule has 0 aromatic carbocycles. The zero-order valence-corrected chi connectivity index (χ0v) is 8.69. The largest absolute Gasteiger partial charge is 0.379 e. The van der Waals surface area contributed by atoms with Gasteiger partial charge in [0, 0.05) is 19.6 Å². The van der Waals surface area contributed by atoms with Gasteiger partial charge in [0.25, 0.3) is 0 Å². The molecule has 14 heavy (non-hydrogen) atoms. The van der Waals surface area contributed by atoms with Gasteiger partial charge >= 0.3 is 0 Å². The summed E-state index contributed by atoms with van der Waals surface area (Å²) in [6.07, 6.45) is 7.77. The summed E-state index contributed by atoms with van der Waals surface area (Å²) in [5, 5.41) is 0. The Morgan fingerprint density at radius 1 is 1.14 bits per heavy atom. The Labute approximate surface area is 85.9 Å². The first kappa shape index (κ1) is 8.93. The molecule has 0 spiro atoms. The van der Waals surface area contributed by atoms with Crippen LogP contribution in [0.2, 0.25) is 0 Å². The molecule has 1 heterocycles. The van der Waals surface area contributed by atoms with E-state index in [-0.39, 0.29) is 0 Å². The summed E-state index contributed by atoms with van der Waals surface area (Å²) in [6.45, 7) is 5.50. The van der Waals surface area contributed by atoms with Gasteiger partial charge in [0.15, 0.2) is 0 Å². The van der Waals surface area contributed by atoms with E-state index in [1.54, 1.807) is 0 Å². The summed E-state index contributed by atoms with van der Waals surface area (Å²) >= 11 is 0. The number of hydrogen-bond acceptors (Lipinski definition) is 2. The first-order valence-corrected chi connectivity index (χ1v) is 5.90. The number of rotatable bonds is 2. The van der Waals surface area contributed by atoms with Gasteiger partial charge in [-0.2, -0.15) is 0 Å². The molecule has 2 heteroatoms. The third-order valence-electron chi connectivity index (χ3n) is 4.01. The lowest BCUT2D eigenvalue weighted by atomic mass is 9.93. The fourth-order valence-electron chi connectivity index (χ4n) is 3.22. The zero-order valence-electron chi connectivity index (χ0n) is 8.69. The molecule has 0 aromatic rings. The van der Waals surface area contributed by atoms with Crippen LogP contribution in [0, 0.1) is 17.8 Å². The van der Waals surface area contributed by atoms with Gasteiger partial charge in [-0.25, -0.2) is 0 Å². The van der Waals surface area contributed by atoms with Crippen molar-refractivity contribution in [1.29, 1.82) is 0 Å². The molecule has 0 radical (unpaired) electrons. The van der Waals surface area contributed by atoms with Crippen LogP contribution in [0.4, 0.5) is 0 Å². The van der Waals surface area contributed by atoms with Crippen LogP contribution >= 0.6 is 0 Å². The number of fused-ring (bicyclic) bond motifs is 2. The molecule has 0 N–H and O–H groups in total. The highest BCUT2D eigenvalue weighted by atomic mass is 16.5. The minimum Gasteiger partial charge on any atom is -0.379 e. The van der Waals surface area contributed by atoms with Crippen molar-refractivity contribution >= 4 is 0 Å². The zero-order chi connectivity index (χ0) is 9.38. The lowest BCUT2D eigenvalue weighted by molar-refractivity contribution is 0.0288. The number of nitrogens with zero attached hydrogens (tertiary/aromatic N) is 1. The first-order chi connectivity index (χ1) is 6.92. The van der Waals surface area contributed by atoms with Crippen LogP contribution in [0.5, 0.6) is 0 Å². The Balaban J connectivity index is 1.54. The van der Waals surface area contributed by atoms with Crippen LogP contribution in [0.15, 0.2) is 12.2 Å². The molecule has 0 amide bonds. The summed E-state index contributed by atoms with van der Waals surface area (Å²) < 4.78 is 5.37. The minimum absolute atomic E-state index is 0.905. The fraction of sp³-hybridized carbons (Fsp3) is 0.833. The number of ether oxygens (including phenoxy) is 1. The average Bonchev–Trinajstić information content (AvgIpc) is 2.81. The number of hydrogen-bond donors (Lipinski definition) is 0. The third kappa shape index (κ3) is 1.61. The Kier molecular flexibility index (Phi) is 2.34. The molecule has 2 fully saturated rings. The first-order valence-electron chi connectivity index (χ1n) is 5.90. The van der Waals surface area contributed by atoms with E-state index in [9.17, 15) is 0 Å². The highest BCUT2D eigenvalue weighted by molar-refractivity contribution is 5.10. The van der Waals surface area contributed by atoms with Crippen LogP contribution in [0.1, 0.15) is 12.8 Å². The van der Waals surface area contributed by atoms with Crippen molar-refractivity contribution in [3.8, 4) is 0 Å². The summed E-state index contributed by atoms with van der Waals surface area (Å²) in [5.41, 5.74) is 0. The average molecular weight is 193 g/mol. The number of allylic oxidation sites excluding steroid dienone is 2. The van der Waals surface area contributed by atoms with Crippen LogP contribution in [0.3, 0.4) is 0 Å². The maximum Gasteiger partial charge on any atom is 0.0594 e. The van der Waals surface area contributed by atoms with Gasteiger partial charge < -0.3 is 4.74 Å². The molecule has 1 saturated carbocycles. The Bertz CT molecular complexity index is 232. The lowest BCUT2D eigenvalue weighted by Crippen LogP contribution is -2.40. The topological polar surface area (TPSA) is 12.5 Å². The molecular weight excluding hydrogens is 174 g/mol. The summed E-state index contributed by atoms with van der Waals surface area (Å²) in [6, 6.07) is 0. The molecule has 2 nitrogen and oxygen atoms in total. The van der Waals surface area contributed by atoms with Crippen LogP contribution in [0.25, 0.3) is 0 Å². The van der Waals surface area contributed by atoms with Crippen molar-refractivity contribution in [2.45, 2.75) is 12.8 Å². The van der Waals surface area contributed by atoms with Crippen molar-refractivity contribution in [3.63, 3.8) is 0 Å². The summed E-state index contributed by atoms with van der Waals surface area (Å²) in [4.78, 5) is 2.59. The Morgan fingerprint density at radius 3 is 2.64 bits per heavy atom. The summed E-state index contributed by atoms with van der Waals surface area (Å²) in [5.74, 6) is 2.77. The molecule has 0 aromatic heterocycles. The molecule has 2 bridgehead atoms. The molecule has 1 saturated heterocycles. The van der Waals surface area contributed by atoms with Crippen LogP contribution < -0.4 is 0 Å². The lowest BCUT2D eigenvalue weighted by Gasteiger charge is -2.31. The van der Waals surface area contributed by atoms with E-state index in [4.69, 9.17) is 4.74 Å². The normalized spacial score (nSPS) is 42.1. The maximum atomic E-state index is 5.37. The van der Waals surface area contributed by atoms with Crippen molar-refractivity contribution in [2.75, 3.05) is 32.8 Å². The number of morpholine rings is 1. The standard InChI is InChI=1S/C12H19NO/c1-2-11-7-10(1)8-12(11)9-13-3-5-14-6-4-13/h1-2,10-12H,3-9H2/t10-,11+,12+/m1/s1. The second kappa shape index (κ2) is 3.67. The van der Waals surface area contributed by atoms with Gasteiger partial charge in [-0.1, -0.05) is 12.2 Å². The second-order valence-electron chi connectivity index (χ2n) is 4.95. The van der Waals surface area contributed by atoms with E-state index in [1.165, 1.54) is 19.4 Å². The van der Waals surface area contributed by atoms with Gasteiger partial charge in [0.05, 0.1) is 13.2 Å². The SMILES string of the molecule is C1=C[C@H]2C[C@@H]1C[C@H]2CN1CCOCC1. The molecule has 1 aliphatic heterocycles. The molecule has 2 aliphatic carbocycles. The van der Waals surface area contributed by atoms with Gasteiger partial charge in [0.1, 0.15) is 0 Å². The Morgan fingerprint density at radius 2 is 2.00 bits per heavy atom. The fourth-order valence-corrected chi connectivity index (χ4v) is 3.22. The summed E-state index contributed by atoms with van der Waals surface area (Å²) in [7, 11) is 0. The predicted octanol–water partition coefficient (Wildman–Crippen LogP) is 1.53. The van der Waals surface area contributed by atoms with Crippen LogP contribution in [-0.4, -0.2) is 37.7 Å². The monoisotopic (exact) mass is 193 g/mol. The molecular formula is C12H19NO. The van der Waals surface area contributed by atoms with Crippen molar-refractivity contribution < 1.29 is 4.74 Å². The highest BCUT2D eigenvalue weighted by Gasteiger charge is 2.36. The van der Waals surface area contributed by atoms with E-state index < -0.39 is 0 Å². The van der Waals surface area contributed by atoms with Crippen molar-refractivity contribution in [3.05, 3.63) is 12.2 Å². The maximum absolute atomic E-state index is 5.37. The highest BCUT2D eigenvalue weighted by Crippen LogP contribution is 2.43. The van der Waals surface area contributed by atoms with E-state index in [0.29, 0.717) is 0 Å². The van der Waals surface area contributed by atoms with E-state index >= 15 is 0 Å². The van der Waals surface area contributed by atoms with E-state index in [1.807, 2.05) is 0 Å². The minimum atomic E-state index is 0.905. The Hall–Kier alpha value is -0.340. The van der Waals surface area contributed by atoms with Crippen molar-refractivity contribution in [2.24, 2.45) is 17.8 Å². The van der Waals surface area contributed by atoms with E-state index in [2.05, 4.69) is 17.1 Å². The van der Waals surface area contributed by atoms with Gasteiger partial charge in [-0.3, -0.25) is 4.90 Å². The van der Waals surface area contributed by atoms with Gasteiger partial charge in [0.2, 0.25) is 0 Å². The third-order valence-corrected chi connectivity index (χ3v) is 4.01. The second-order valence-corrected chi connectivity index (χ2v) is 4.95. The van der Waals surface area contributed by atoms with Crippen LogP contribution in [-0.2, 0) is 4.74 Å². The molecule has 3 atom stereocenters. The van der Waals surface area contributed by atoms with Crippen molar-refractivity contribution in [1.82, 2.24) is 4.90 Å². The quantitative estimate of drug-likeness (QED) is 0.617. The smallest absolute Gasteiger partial charge is 0.0594 e.